The van der Waals surface area contributed by atoms with Gasteiger partial charge in [0.1, 0.15) is 11.9 Å². The molecule has 1 fully saturated rings. The third-order valence-electron chi connectivity index (χ3n) is 3.63. The van der Waals surface area contributed by atoms with Crippen LogP contribution in [0.5, 0.6) is 17.2 Å². The zero-order valence-electron chi connectivity index (χ0n) is 13.5. The first-order valence-corrected chi connectivity index (χ1v) is 7.09. The van der Waals surface area contributed by atoms with Crippen LogP contribution in [0, 0.1) is 0 Å². The van der Waals surface area contributed by atoms with E-state index in [1.54, 1.807) is 12.1 Å². The Morgan fingerprint density at radius 3 is 2.30 bits per heavy atom. The second kappa shape index (κ2) is 8.81. The van der Waals surface area contributed by atoms with Crippen molar-refractivity contribution in [3.63, 3.8) is 0 Å². The van der Waals surface area contributed by atoms with Gasteiger partial charge in [0.05, 0.1) is 33.1 Å². The fraction of sp³-hybridized carbons (Fsp3) is 0.533. The molecular weight excluding hydrogens is 324 g/mol. The molecule has 2 atom stereocenters. The summed E-state index contributed by atoms with van der Waals surface area (Å²) in [4.78, 5) is 12.3. The van der Waals surface area contributed by atoms with Gasteiger partial charge in [-0.2, -0.15) is 0 Å². The predicted octanol–water partition coefficient (Wildman–Crippen LogP) is 1.58. The highest BCUT2D eigenvalue weighted by Crippen LogP contribution is 2.38. The number of nitrogens with one attached hydrogen (secondary N) is 1. The second-order valence-electron chi connectivity index (χ2n) is 4.96. The van der Waals surface area contributed by atoms with E-state index in [9.17, 15) is 4.79 Å². The van der Waals surface area contributed by atoms with Gasteiger partial charge in [-0.25, -0.2) is 0 Å². The lowest BCUT2D eigenvalue weighted by Gasteiger charge is -2.17. The number of halogens is 1. The average Bonchev–Trinajstić information content (AvgIpc) is 3.03. The molecule has 0 aliphatic carbocycles. The van der Waals surface area contributed by atoms with Crippen molar-refractivity contribution in [2.75, 3.05) is 33.2 Å². The van der Waals surface area contributed by atoms with Crippen molar-refractivity contribution < 1.29 is 23.7 Å². The van der Waals surface area contributed by atoms with E-state index in [0.29, 0.717) is 35.9 Å². The number of carbonyl (C=O) groups is 1. The number of amides is 1. The molecule has 0 aromatic heterocycles. The summed E-state index contributed by atoms with van der Waals surface area (Å²) in [6.07, 6.45) is 0.899. The Labute approximate surface area is 141 Å². The first kappa shape index (κ1) is 19.3. The second-order valence-corrected chi connectivity index (χ2v) is 4.96. The molecule has 1 amide bonds. The van der Waals surface area contributed by atoms with Crippen LogP contribution < -0.4 is 25.3 Å². The lowest BCUT2D eigenvalue weighted by atomic mass is 10.2. The number of hydrogen-bond acceptors (Lipinski definition) is 6. The summed E-state index contributed by atoms with van der Waals surface area (Å²) in [5, 5.41) is 2.81. The Hall–Kier alpha value is -1.70. The van der Waals surface area contributed by atoms with E-state index in [4.69, 9.17) is 24.7 Å². The molecule has 1 heterocycles. The highest BCUT2D eigenvalue weighted by atomic mass is 35.5. The van der Waals surface area contributed by atoms with E-state index in [-0.39, 0.29) is 24.4 Å². The number of benzene rings is 1. The molecule has 130 valence electrons. The van der Waals surface area contributed by atoms with Crippen molar-refractivity contribution in [1.29, 1.82) is 0 Å². The predicted molar refractivity (Wildman–Crippen MR) is 88.9 cm³/mol. The summed E-state index contributed by atoms with van der Waals surface area (Å²) in [7, 11) is 4.59. The van der Waals surface area contributed by atoms with Gasteiger partial charge in [0.15, 0.2) is 11.5 Å². The molecule has 3 N–H and O–H groups in total. The molecule has 0 spiro atoms. The van der Waals surface area contributed by atoms with Crippen LogP contribution in [0.15, 0.2) is 12.1 Å². The average molecular weight is 347 g/mol. The Morgan fingerprint density at radius 1 is 1.17 bits per heavy atom. The first-order valence-electron chi connectivity index (χ1n) is 7.09. The molecule has 7 nitrogen and oxygen atoms in total. The van der Waals surface area contributed by atoms with Crippen LogP contribution in [0.2, 0.25) is 0 Å². The summed E-state index contributed by atoms with van der Waals surface area (Å²) >= 11 is 0. The topological polar surface area (TPSA) is 92.0 Å². The van der Waals surface area contributed by atoms with Gasteiger partial charge in [0, 0.05) is 18.7 Å². The maximum Gasteiger partial charge on any atom is 0.253 e. The number of nitrogens with two attached hydrogens (primary N) is 1. The monoisotopic (exact) mass is 346 g/mol. The fourth-order valence-electron chi connectivity index (χ4n) is 2.41. The quantitative estimate of drug-likeness (QED) is 0.812. The van der Waals surface area contributed by atoms with Gasteiger partial charge < -0.3 is 30.0 Å². The third-order valence-corrected chi connectivity index (χ3v) is 3.63. The van der Waals surface area contributed by atoms with E-state index in [1.165, 1.54) is 21.3 Å². The lowest BCUT2D eigenvalue weighted by molar-refractivity contribution is -0.126. The summed E-state index contributed by atoms with van der Waals surface area (Å²) < 4.78 is 21.3. The van der Waals surface area contributed by atoms with E-state index in [1.807, 2.05) is 0 Å². The van der Waals surface area contributed by atoms with Crippen LogP contribution in [0.4, 0.5) is 5.69 Å². The van der Waals surface area contributed by atoms with Crippen molar-refractivity contribution in [3.05, 3.63) is 12.1 Å². The molecule has 1 aromatic rings. The number of rotatable bonds is 6. The minimum atomic E-state index is -0.494. The molecule has 1 aliphatic rings. The zero-order valence-corrected chi connectivity index (χ0v) is 14.3. The summed E-state index contributed by atoms with van der Waals surface area (Å²) in [5.41, 5.74) is 6.06. The highest BCUT2D eigenvalue weighted by Gasteiger charge is 2.30. The Kier molecular flexibility index (Phi) is 7.41. The van der Waals surface area contributed by atoms with Gasteiger partial charge in [-0.3, -0.25) is 4.79 Å². The summed E-state index contributed by atoms with van der Waals surface area (Å²) in [5.74, 6) is 1.30. The van der Waals surface area contributed by atoms with Crippen molar-refractivity contribution in [2.24, 2.45) is 5.73 Å². The van der Waals surface area contributed by atoms with Crippen LogP contribution in [0.3, 0.4) is 0 Å². The Morgan fingerprint density at radius 2 is 1.78 bits per heavy atom. The SMILES string of the molecule is COc1cc(OC)c(OC)cc1NC(=O)[C@@H]1CC[C@H](CN)O1.Cl. The number of hydrogen-bond donors (Lipinski definition) is 2. The summed E-state index contributed by atoms with van der Waals surface area (Å²) in [6.45, 7) is 0.420. The molecule has 1 aromatic carbocycles. The molecule has 0 radical (unpaired) electrons. The van der Waals surface area contributed by atoms with Crippen molar-refractivity contribution in [3.8, 4) is 17.2 Å². The smallest absolute Gasteiger partial charge is 0.253 e. The van der Waals surface area contributed by atoms with E-state index in [2.05, 4.69) is 5.32 Å². The highest BCUT2D eigenvalue weighted by molar-refractivity contribution is 5.96. The van der Waals surface area contributed by atoms with E-state index in [0.717, 1.165) is 6.42 Å². The van der Waals surface area contributed by atoms with Crippen LogP contribution in [-0.2, 0) is 9.53 Å². The minimum Gasteiger partial charge on any atom is -0.494 e. The van der Waals surface area contributed by atoms with Crippen LogP contribution in [-0.4, -0.2) is 46.0 Å². The molecule has 0 unspecified atom stereocenters. The van der Waals surface area contributed by atoms with Gasteiger partial charge >= 0.3 is 0 Å². The van der Waals surface area contributed by atoms with Crippen molar-refractivity contribution in [1.82, 2.24) is 0 Å². The molecule has 1 aliphatic heterocycles. The van der Waals surface area contributed by atoms with Gasteiger partial charge in [-0.1, -0.05) is 0 Å². The maximum atomic E-state index is 12.3. The molecule has 2 rings (SSSR count). The third kappa shape index (κ3) is 4.40. The van der Waals surface area contributed by atoms with Crippen molar-refractivity contribution in [2.45, 2.75) is 25.0 Å². The summed E-state index contributed by atoms with van der Waals surface area (Å²) in [6, 6.07) is 3.32. The van der Waals surface area contributed by atoms with Crippen LogP contribution in [0.1, 0.15) is 12.8 Å². The molecular formula is C15H23ClN2O5. The lowest BCUT2D eigenvalue weighted by Crippen LogP contribution is -2.29. The van der Waals surface area contributed by atoms with Crippen LogP contribution in [0.25, 0.3) is 0 Å². The fourth-order valence-corrected chi connectivity index (χ4v) is 2.41. The number of anilines is 1. The van der Waals surface area contributed by atoms with Gasteiger partial charge in [-0.05, 0) is 12.8 Å². The molecule has 23 heavy (non-hydrogen) atoms. The van der Waals surface area contributed by atoms with Gasteiger partial charge in [0.2, 0.25) is 0 Å². The Bertz CT molecular complexity index is 541. The van der Waals surface area contributed by atoms with E-state index < -0.39 is 6.10 Å². The molecule has 1 saturated heterocycles. The van der Waals surface area contributed by atoms with Crippen molar-refractivity contribution >= 4 is 24.0 Å². The maximum absolute atomic E-state index is 12.3. The minimum absolute atomic E-state index is 0. The first-order chi connectivity index (χ1) is 10.6. The number of methoxy groups -OCH3 is 3. The number of carbonyl (C=O) groups excluding carboxylic acids is 1. The van der Waals surface area contributed by atoms with Gasteiger partial charge in [-0.15, -0.1) is 12.4 Å². The van der Waals surface area contributed by atoms with Crippen LogP contribution >= 0.6 is 12.4 Å². The molecule has 0 saturated carbocycles. The van der Waals surface area contributed by atoms with Gasteiger partial charge in [0.25, 0.3) is 5.91 Å². The molecule has 8 heteroatoms. The largest absolute Gasteiger partial charge is 0.494 e. The zero-order chi connectivity index (χ0) is 16.1. The van der Waals surface area contributed by atoms with E-state index >= 15 is 0 Å². The standard InChI is InChI=1S/C15H22N2O5.ClH/c1-19-12-7-14(21-3)13(20-2)6-10(12)17-15(18)11-5-4-9(8-16)22-11;/h6-7,9,11H,4-5,8,16H2,1-3H3,(H,17,18);1H/t9-,11+;/m1./s1. The Balaban J connectivity index is 0.00000264. The normalized spacial score (nSPS) is 19.7. The number of ether oxygens (including phenoxy) is 4. The molecule has 0 bridgehead atoms.